The highest BCUT2D eigenvalue weighted by Crippen LogP contribution is 2.27. The molecule has 0 bridgehead atoms. The van der Waals surface area contributed by atoms with Gasteiger partial charge in [0.15, 0.2) is 0 Å². The lowest BCUT2D eigenvalue weighted by Crippen LogP contribution is -2.22. The predicted molar refractivity (Wildman–Crippen MR) is 46.1 cm³/mol. The Balaban J connectivity index is 4.57. The Labute approximate surface area is 68.6 Å². The molecular weight excluding hydrogens is 138 g/mol. The smallest absolute Gasteiger partial charge is 0.0392 e. The van der Waals surface area contributed by atoms with Crippen molar-refractivity contribution in [3.63, 3.8) is 0 Å². The molecule has 0 aliphatic rings. The molecule has 0 heterocycles. The summed E-state index contributed by atoms with van der Waals surface area (Å²) in [7, 11) is 1.79. The first-order chi connectivity index (χ1) is 4.93. The van der Waals surface area contributed by atoms with E-state index in [2.05, 4.69) is 26.0 Å². The maximum atomic E-state index is 6.83. The Morgan fingerprint density at radius 3 is 2.00 bits per heavy atom. The number of nitrogens with one attached hydrogen (secondary N) is 1. The summed E-state index contributed by atoms with van der Waals surface area (Å²) in [5.41, 5.74) is 7.96. The van der Waals surface area contributed by atoms with Gasteiger partial charge in [-0.15, -0.1) is 0 Å². The lowest BCUT2D eigenvalue weighted by atomic mass is 9.91. The SMILES string of the molecule is C/C=C(\N(C)N=N)C(C)(C)C. The molecule has 0 amide bonds. The van der Waals surface area contributed by atoms with Gasteiger partial charge in [0.2, 0.25) is 0 Å². The monoisotopic (exact) mass is 155 g/mol. The molecule has 0 aromatic rings. The quantitative estimate of drug-likeness (QED) is 0.483. The highest BCUT2D eigenvalue weighted by molar-refractivity contribution is 5.06. The average molecular weight is 155 g/mol. The normalized spacial score (nSPS) is 13.0. The summed E-state index contributed by atoms with van der Waals surface area (Å²) in [6, 6.07) is 0. The standard InChI is InChI=1S/C8H17N3/c1-6-7(8(2,3)4)11(5)10-9/h6,9H,1-5H3/b7-6-,10-9?. The molecule has 0 aromatic carbocycles. The van der Waals surface area contributed by atoms with Gasteiger partial charge in [-0.05, 0) is 6.92 Å². The number of nitrogens with zero attached hydrogens (tertiary/aromatic N) is 2. The van der Waals surface area contributed by atoms with Crippen molar-refractivity contribution in [1.29, 1.82) is 5.53 Å². The van der Waals surface area contributed by atoms with Gasteiger partial charge in [0.1, 0.15) is 0 Å². The minimum Gasteiger partial charge on any atom is -0.254 e. The largest absolute Gasteiger partial charge is 0.254 e. The first-order valence-corrected chi connectivity index (χ1v) is 3.71. The van der Waals surface area contributed by atoms with E-state index in [0.29, 0.717) is 0 Å². The Morgan fingerprint density at radius 2 is 1.91 bits per heavy atom. The number of rotatable bonds is 2. The van der Waals surface area contributed by atoms with Crippen LogP contribution in [0.25, 0.3) is 0 Å². The van der Waals surface area contributed by atoms with Crippen molar-refractivity contribution in [1.82, 2.24) is 5.01 Å². The zero-order chi connectivity index (χ0) is 9.07. The highest BCUT2D eigenvalue weighted by Gasteiger charge is 2.19. The lowest BCUT2D eigenvalue weighted by Gasteiger charge is -2.27. The topological polar surface area (TPSA) is 39.5 Å². The van der Waals surface area contributed by atoms with E-state index in [4.69, 9.17) is 5.53 Å². The van der Waals surface area contributed by atoms with E-state index in [1.165, 1.54) is 0 Å². The Morgan fingerprint density at radius 1 is 1.45 bits per heavy atom. The fourth-order valence-electron chi connectivity index (χ4n) is 1.16. The third kappa shape index (κ3) is 2.70. The molecule has 0 radical (unpaired) electrons. The minimum atomic E-state index is 0.0635. The van der Waals surface area contributed by atoms with E-state index in [1.54, 1.807) is 12.1 Å². The van der Waals surface area contributed by atoms with Crippen molar-refractivity contribution in [2.24, 2.45) is 10.6 Å². The van der Waals surface area contributed by atoms with Crippen LogP contribution in [-0.2, 0) is 0 Å². The molecule has 3 nitrogen and oxygen atoms in total. The molecule has 0 saturated heterocycles. The van der Waals surface area contributed by atoms with Gasteiger partial charge in [0.05, 0.1) is 0 Å². The van der Waals surface area contributed by atoms with E-state index in [0.717, 1.165) is 5.70 Å². The van der Waals surface area contributed by atoms with Crippen LogP contribution in [0, 0.1) is 10.9 Å². The molecule has 0 spiro atoms. The van der Waals surface area contributed by atoms with E-state index in [-0.39, 0.29) is 5.41 Å². The van der Waals surface area contributed by atoms with Gasteiger partial charge < -0.3 is 0 Å². The maximum absolute atomic E-state index is 6.83. The molecule has 64 valence electrons. The number of hydrogen-bond donors (Lipinski definition) is 1. The van der Waals surface area contributed by atoms with Gasteiger partial charge in [-0.2, -0.15) is 5.53 Å². The fraction of sp³-hybridized carbons (Fsp3) is 0.750. The Kier molecular flexibility index (Phi) is 3.23. The molecule has 0 atom stereocenters. The van der Waals surface area contributed by atoms with Crippen molar-refractivity contribution in [2.45, 2.75) is 27.7 Å². The second kappa shape index (κ2) is 3.51. The van der Waals surface area contributed by atoms with Crippen molar-refractivity contribution < 1.29 is 0 Å². The molecule has 0 aromatic heterocycles. The summed E-state index contributed by atoms with van der Waals surface area (Å²) >= 11 is 0. The van der Waals surface area contributed by atoms with Crippen molar-refractivity contribution in [3.05, 3.63) is 11.8 Å². The second-order valence-corrected chi connectivity index (χ2v) is 3.55. The zero-order valence-corrected chi connectivity index (χ0v) is 7.97. The second-order valence-electron chi connectivity index (χ2n) is 3.55. The molecule has 0 fully saturated rings. The van der Waals surface area contributed by atoms with Gasteiger partial charge in [0, 0.05) is 18.2 Å². The van der Waals surface area contributed by atoms with Gasteiger partial charge in [-0.3, -0.25) is 5.01 Å². The summed E-state index contributed by atoms with van der Waals surface area (Å²) in [4.78, 5) is 0. The predicted octanol–water partition coefficient (Wildman–Crippen LogP) is 2.81. The first-order valence-electron chi connectivity index (χ1n) is 3.71. The summed E-state index contributed by atoms with van der Waals surface area (Å²) < 4.78 is 0. The molecule has 11 heavy (non-hydrogen) atoms. The van der Waals surface area contributed by atoms with E-state index in [9.17, 15) is 0 Å². The number of hydrogen-bond acceptors (Lipinski definition) is 2. The molecule has 0 saturated carbocycles. The summed E-state index contributed by atoms with van der Waals surface area (Å²) in [5, 5.41) is 4.92. The van der Waals surface area contributed by atoms with E-state index < -0.39 is 0 Å². The fourth-order valence-corrected chi connectivity index (χ4v) is 1.16. The van der Waals surface area contributed by atoms with Crippen LogP contribution in [0.15, 0.2) is 17.0 Å². The van der Waals surface area contributed by atoms with Crippen molar-refractivity contribution in [2.75, 3.05) is 7.05 Å². The van der Waals surface area contributed by atoms with Gasteiger partial charge in [0.25, 0.3) is 0 Å². The lowest BCUT2D eigenvalue weighted by molar-refractivity contribution is 0.299. The van der Waals surface area contributed by atoms with Crippen LogP contribution < -0.4 is 0 Å². The van der Waals surface area contributed by atoms with E-state index >= 15 is 0 Å². The average Bonchev–Trinajstić information content (AvgIpc) is 1.86. The summed E-state index contributed by atoms with van der Waals surface area (Å²) in [6.45, 7) is 8.26. The molecule has 1 N–H and O–H groups in total. The maximum Gasteiger partial charge on any atom is 0.0392 e. The molecule has 0 unspecified atom stereocenters. The van der Waals surface area contributed by atoms with E-state index in [1.807, 2.05) is 13.0 Å². The zero-order valence-electron chi connectivity index (χ0n) is 7.97. The number of allylic oxidation sites excluding steroid dienone is 2. The van der Waals surface area contributed by atoms with Crippen LogP contribution in [0.3, 0.4) is 0 Å². The van der Waals surface area contributed by atoms with Crippen LogP contribution in [0.2, 0.25) is 0 Å². The molecule has 3 heteroatoms. The third-order valence-electron chi connectivity index (χ3n) is 1.54. The third-order valence-corrected chi connectivity index (χ3v) is 1.54. The summed E-state index contributed by atoms with van der Waals surface area (Å²) in [6.07, 6.45) is 1.98. The van der Waals surface area contributed by atoms with Crippen LogP contribution >= 0.6 is 0 Å². The minimum absolute atomic E-state index is 0.0635. The molecule has 0 aliphatic heterocycles. The van der Waals surface area contributed by atoms with Crippen LogP contribution in [0.4, 0.5) is 0 Å². The molecular formula is C8H17N3. The Hall–Kier alpha value is -0.860. The highest BCUT2D eigenvalue weighted by atomic mass is 15.5. The van der Waals surface area contributed by atoms with Gasteiger partial charge >= 0.3 is 0 Å². The van der Waals surface area contributed by atoms with Crippen molar-refractivity contribution >= 4 is 0 Å². The van der Waals surface area contributed by atoms with Crippen LogP contribution in [-0.4, -0.2) is 12.1 Å². The molecule has 0 rings (SSSR count). The van der Waals surface area contributed by atoms with Crippen LogP contribution in [0.1, 0.15) is 27.7 Å². The summed E-state index contributed by atoms with van der Waals surface area (Å²) in [5.74, 6) is 0. The van der Waals surface area contributed by atoms with Gasteiger partial charge in [-0.1, -0.05) is 32.1 Å². The first kappa shape index (κ1) is 10.1. The molecule has 0 aliphatic carbocycles. The Bertz CT molecular complexity index is 165. The van der Waals surface area contributed by atoms with Crippen molar-refractivity contribution in [3.8, 4) is 0 Å². The van der Waals surface area contributed by atoms with Gasteiger partial charge in [-0.25, -0.2) is 0 Å². The van der Waals surface area contributed by atoms with Crippen LogP contribution in [0.5, 0.6) is 0 Å².